The van der Waals surface area contributed by atoms with Crippen LogP contribution in [0.2, 0.25) is 0 Å². The molecule has 1 atom stereocenters. The number of aryl methyl sites for hydroxylation is 1. The van der Waals surface area contributed by atoms with Gasteiger partial charge in [0, 0.05) is 12.4 Å². The Hall–Kier alpha value is -2.41. The van der Waals surface area contributed by atoms with E-state index in [1.807, 2.05) is 17.8 Å². The second kappa shape index (κ2) is 6.78. The number of pyridine rings is 1. The van der Waals surface area contributed by atoms with E-state index in [-0.39, 0.29) is 5.56 Å². The molecule has 1 aliphatic heterocycles. The van der Waals surface area contributed by atoms with Crippen molar-refractivity contribution in [2.75, 3.05) is 18.4 Å². The van der Waals surface area contributed by atoms with Crippen LogP contribution in [0, 0.1) is 6.92 Å². The first-order chi connectivity index (χ1) is 11.1. The number of carboxylic acid groups (broad SMARTS) is 1. The third-order valence-corrected chi connectivity index (χ3v) is 4.16. The Morgan fingerprint density at radius 3 is 3.09 bits per heavy atom. The molecule has 2 aromatic heterocycles. The maximum atomic E-state index is 11.3. The number of nitrogens with zero attached hydrogens (tertiary/aromatic N) is 3. The number of anilines is 2. The number of carboxylic acids is 1. The lowest BCUT2D eigenvalue weighted by Gasteiger charge is -2.14. The molecule has 0 aromatic carbocycles. The molecule has 122 valence electrons. The van der Waals surface area contributed by atoms with Crippen LogP contribution in [0.4, 0.5) is 11.4 Å². The lowest BCUT2D eigenvalue weighted by atomic mass is 10.1. The largest absolute Gasteiger partial charge is 0.478 e. The topological polar surface area (TPSA) is 92.1 Å². The first kappa shape index (κ1) is 15.5. The summed E-state index contributed by atoms with van der Waals surface area (Å²) in [6.07, 6.45) is 8.25. The minimum Gasteiger partial charge on any atom is -0.478 e. The van der Waals surface area contributed by atoms with Crippen LogP contribution in [-0.4, -0.2) is 38.9 Å². The molecule has 3 N–H and O–H groups in total. The Morgan fingerprint density at radius 2 is 2.26 bits per heavy atom. The molecule has 7 heteroatoms. The van der Waals surface area contributed by atoms with Gasteiger partial charge in [0.15, 0.2) is 0 Å². The Morgan fingerprint density at radius 1 is 1.39 bits per heavy atom. The van der Waals surface area contributed by atoms with Gasteiger partial charge < -0.3 is 15.7 Å². The molecule has 3 heterocycles. The van der Waals surface area contributed by atoms with Crippen LogP contribution in [0.25, 0.3) is 0 Å². The van der Waals surface area contributed by atoms with Crippen molar-refractivity contribution in [1.29, 1.82) is 0 Å². The van der Waals surface area contributed by atoms with Crippen molar-refractivity contribution in [1.82, 2.24) is 20.1 Å². The molecule has 0 aliphatic carbocycles. The standard InChI is InChI=1S/C16H21N5O2/c1-11-15(19-14-9-18-8-5-13(14)16(22)23)10-21(20-11)12-3-2-6-17-7-4-12/h5,8-10,12,17,19H,2-4,6-7H2,1H3,(H,22,23). The Bertz CT molecular complexity index is 690. The maximum Gasteiger partial charge on any atom is 0.337 e. The lowest BCUT2D eigenvalue weighted by Crippen LogP contribution is -2.15. The Balaban J connectivity index is 1.83. The number of aromatic carboxylic acids is 1. The molecule has 1 saturated heterocycles. The third kappa shape index (κ3) is 3.50. The van der Waals surface area contributed by atoms with Gasteiger partial charge in [-0.05, 0) is 45.3 Å². The fraction of sp³-hybridized carbons (Fsp3) is 0.438. The van der Waals surface area contributed by atoms with Crippen LogP contribution in [-0.2, 0) is 0 Å². The molecule has 1 fully saturated rings. The Labute approximate surface area is 134 Å². The first-order valence-electron chi connectivity index (χ1n) is 7.86. The molecule has 1 aliphatic rings. The lowest BCUT2D eigenvalue weighted by molar-refractivity contribution is 0.0698. The molecule has 7 nitrogen and oxygen atoms in total. The van der Waals surface area contributed by atoms with Crippen molar-refractivity contribution in [3.05, 3.63) is 35.9 Å². The molecule has 0 radical (unpaired) electrons. The van der Waals surface area contributed by atoms with Gasteiger partial charge in [0.2, 0.25) is 0 Å². The van der Waals surface area contributed by atoms with Crippen LogP contribution in [0.5, 0.6) is 0 Å². The summed E-state index contributed by atoms with van der Waals surface area (Å²) in [5, 5.41) is 20.4. The average Bonchev–Trinajstić information content (AvgIpc) is 2.76. The number of aromatic nitrogens is 3. The fourth-order valence-electron chi connectivity index (χ4n) is 2.88. The van der Waals surface area contributed by atoms with Crippen LogP contribution in [0.15, 0.2) is 24.7 Å². The highest BCUT2D eigenvalue weighted by Crippen LogP contribution is 2.26. The minimum absolute atomic E-state index is 0.200. The van der Waals surface area contributed by atoms with E-state index in [9.17, 15) is 9.90 Å². The first-order valence-corrected chi connectivity index (χ1v) is 7.86. The molecule has 0 spiro atoms. The highest BCUT2D eigenvalue weighted by molar-refractivity contribution is 5.94. The number of hydrogen-bond acceptors (Lipinski definition) is 5. The van der Waals surface area contributed by atoms with Crippen LogP contribution < -0.4 is 10.6 Å². The molecule has 1 unspecified atom stereocenters. The van der Waals surface area contributed by atoms with Gasteiger partial charge >= 0.3 is 5.97 Å². The molecule has 0 bridgehead atoms. The van der Waals surface area contributed by atoms with Crippen LogP contribution in [0.3, 0.4) is 0 Å². The van der Waals surface area contributed by atoms with Gasteiger partial charge in [-0.3, -0.25) is 9.67 Å². The van der Waals surface area contributed by atoms with Gasteiger partial charge in [0.25, 0.3) is 0 Å². The minimum atomic E-state index is -0.977. The molecule has 2 aromatic rings. The molecular formula is C16H21N5O2. The monoisotopic (exact) mass is 315 g/mol. The van der Waals surface area contributed by atoms with E-state index in [1.165, 1.54) is 18.5 Å². The smallest absolute Gasteiger partial charge is 0.337 e. The van der Waals surface area contributed by atoms with Gasteiger partial charge in [0.1, 0.15) is 0 Å². The quantitative estimate of drug-likeness (QED) is 0.802. The molecular weight excluding hydrogens is 294 g/mol. The highest BCUT2D eigenvalue weighted by atomic mass is 16.4. The van der Waals surface area contributed by atoms with E-state index >= 15 is 0 Å². The van der Waals surface area contributed by atoms with Gasteiger partial charge in [-0.25, -0.2) is 4.79 Å². The van der Waals surface area contributed by atoms with Gasteiger partial charge in [-0.2, -0.15) is 5.10 Å². The predicted octanol–water partition coefficient (Wildman–Crippen LogP) is 2.34. The summed E-state index contributed by atoms with van der Waals surface area (Å²) >= 11 is 0. The summed E-state index contributed by atoms with van der Waals surface area (Å²) in [4.78, 5) is 15.3. The van der Waals surface area contributed by atoms with Crippen molar-refractivity contribution >= 4 is 17.3 Å². The number of rotatable bonds is 4. The van der Waals surface area contributed by atoms with Crippen molar-refractivity contribution in [3.63, 3.8) is 0 Å². The molecule has 23 heavy (non-hydrogen) atoms. The van der Waals surface area contributed by atoms with Gasteiger partial charge in [0.05, 0.1) is 34.9 Å². The normalized spacial score (nSPS) is 18.4. The Kier molecular flexibility index (Phi) is 4.57. The second-order valence-electron chi connectivity index (χ2n) is 5.79. The summed E-state index contributed by atoms with van der Waals surface area (Å²) in [6, 6.07) is 1.87. The van der Waals surface area contributed by atoms with Gasteiger partial charge in [-0.15, -0.1) is 0 Å². The molecule has 0 saturated carbocycles. The fourth-order valence-corrected chi connectivity index (χ4v) is 2.88. The highest BCUT2D eigenvalue weighted by Gasteiger charge is 2.17. The number of nitrogens with one attached hydrogen (secondary N) is 2. The van der Waals surface area contributed by atoms with E-state index in [2.05, 4.69) is 20.7 Å². The van der Waals surface area contributed by atoms with E-state index in [0.29, 0.717) is 11.7 Å². The van der Waals surface area contributed by atoms with E-state index in [1.54, 1.807) is 0 Å². The summed E-state index contributed by atoms with van der Waals surface area (Å²) in [6.45, 7) is 3.97. The van der Waals surface area contributed by atoms with E-state index < -0.39 is 5.97 Å². The second-order valence-corrected chi connectivity index (χ2v) is 5.79. The SMILES string of the molecule is Cc1nn(C2CCCNCC2)cc1Nc1cnccc1C(=O)O. The molecule has 3 rings (SSSR count). The predicted molar refractivity (Wildman–Crippen MR) is 87.2 cm³/mol. The van der Waals surface area contributed by atoms with Crippen LogP contribution >= 0.6 is 0 Å². The maximum absolute atomic E-state index is 11.3. The van der Waals surface area contributed by atoms with Gasteiger partial charge in [-0.1, -0.05) is 0 Å². The zero-order valence-electron chi connectivity index (χ0n) is 13.1. The zero-order chi connectivity index (χ0) is 16.2. The van der Waals surface area contributed by atoms with E-state index in [4.69, 9.17) is 0 Å². The third-order valence-electron chi connectivity index (χ3n) is 4.16. The average molecular weight is 315 g/mol. The van der Waals surface area contributed by atoms with Crippen molar-refractivity contribution in [2.45, 2.75) is 32.2 Å². The summed E-state index contributed by atoms with van der Waals surface area (Å²) in [5.74, 6) is -0.977. The van der Waals surface area contributed by atoms with E-state index in [0.717, 1.165) is 43.7 Å². The zero-order valence-corrected chi connectivity index (χ0v) is 13.1. The van der Waals surface area contributed by atoms with Crippen LogP contribution in [0.1, 0.15) is 41.4 Å². The summed E-state index contributed by atoms with van der Waals surface area (Å²) in [7, 11) is 0. The molecule has 0 amide bonds. The number of carbonyl (C=O) groups is 1. The summed E-state index contributed by atoms with van der Waals surface area (Å²) < 4.78 is 2.00. The number of hydrogen-bond donors (Lipinski definition) is 3. The van der Waals surface area contributed by atoms with Crippen molar-refractivity contribution in [2.24, 2.45) is 0 Å². The van der Waals surface area contributed by atoms with Crippen molar-refractivity contribution in [3.8, 4) is 0 Å². The van der Waals surface area contributed by atoms with Crippen molar-refractivity contribution < 1.29 is 9.90 Å². The summed E-state index contributed by atoms with van der Waals surface area (Å²) in [5.41, 5.74) is 2.34.